The van der Waals surface area contributed by atoms with Crippen molar-refractivity contribution in [3.63, 3.8) is 0 Å². The van der Waals surface area contributed by atoms with Gasteiger partial charge in [-0.15, -0.1) is 10.1 Å². The molecule has 0 aromatic heterocycles. The van der Waals surface area contributed by atoms with Crippen molar-refractivity contribution in [3.8, 4) is 5.75 Å². The summed E-state index contributed by atoms with van der Waals surface area (Å²) in [5.41, 5.74) is 0.243. The summed E-state index contributed by atoms with van der Waals surface area (Å²) in [5.74, 6) is -1.52. The topological polar surface area (TPSA) is 133 Å². The van der Waals surface area contributed by atoms with Gasteiger partial charge in [0.25, 0.3) is 5.09 Å². The van der Waals surface area contributed by atoms with Crippen LogP contribution in [-0.4, -0.2) is 62.7 Å². The van der Waals surface area contributed by atoms with Crippen molar-refractivity contribution < 1.29 is 56.4 Å². The molecule has 0 unspecified atom stereocenters. The number of ether oxygens (including phenoxy) is 5. The van der Waals surface area contributed by atoms with E-state index in [9.17, 15) is 32.9 Å². The van der Waals surface area contributed by atoms with E-state index in [-0.39, 0.29) is 37.7 Å². The predicted molar refractivity (Wildman–Crippen MR) is 107 cm³/mol. The zero-order valence-corrected chi connectivity index (χ0v) is 18.6. The molecule has 15 heteroatoms. The summed E-state index contributed by atoms with van der Waals surface area (Å²) < 4.78 is 64.1. The van der Waals surface area contributed by atoms with Gasteiger partial charge in [-0.2, -0.15) is 13.2 Å². The van der Waals surface area contributed by atoms with Crippen LogP contribution < -0.4 is 4.74 Å². The van der Waals surface area contributed by atoms with Crippen LogP contribution in [0.5, 0.6) is 5.75 Å². The maximum Gasteiger partial charge on any atom is 0.511 e. The van der Waals surface area contributed by atoms with Gasteiger partial charge in [0.15, 0.2) is 0 Å². The lowest BCUT2D eigenvalue weighted by molar-refractivity contribution is -0.758. The maximum atomic E-state index is 13.5. The van der Waals surface area contributed by atoms with Gasteiger partial charge in [0.1, 0.15) is 19.0 Å². The molecule has 0 bridgehead atoms. The zero-order chi connectivity index (χ0) is 25.5. The Kier molecular flexibility index (Phi) is 9.32. The van der Waals surface area contributed by atoms with E-state index in [2.05, 4.69) is 19.0 Å². The molecule has 1 aromatic carbocycles. The van der Waals surface area contributed by atoms with E-state index in [0.29, 0.717) is 16.1 Å². The Balaban J connectivity index is 1.90. The van der Waals surface area contributed by atoms with Crippen molar-refractivity contribution >= 4 is 29.8 Å². The summed E-state index contributed by atoms with van der Waals surface area (Å²) in [6.45, 7) is 1.22. The predicted octanol–water partition coefficient (Wildman–Crippen LogP) is 3.54. The third-order valence-corrected chi connectivity index (χ3v) is 4.87. The molecule has 0 amide bonds. The van der Waals surface area contributed by atoms with E-state index in [4.69, 9.17) is 21.1 Å². The molecule has 0 N–H and O–H groups in total. The Morgan fingerprint density at radius 1 is 1.15 bits per heavy atom. The second-order valence-electron chi connectivity index (χ2n) is 6.65. The molecule has 1 aliphatic heterocycles. The molecule has 11 nitrogen and oxygen atoms in total. The number of carbonyl (C=O) groups excluding carboxylic acids is 2. The summed E-state index contributed by atoms with van der Waals surface area (Å²) in [7, 11) is 0. The van der Waals surface area contributed by atoms with Crippen LogP contribution in [0.15, 0.2) is 11.6 Å². The van der Waals surface area contributed by atoms with Crippen molar-refractivity contribution in [1.29, 1.82) is 0 Å². The Bertz CT molecular complexity index is 967. The SMILES string of the molecule is Cc1cc2c(c(C)c1Cl)C=C(C(=O)OCOC(=O)OCCOCCO[N+](=O)[O-])[C@@H](C(F)(F)F)O2. The molecule has 0 fully saturated rings. The van der Waals surface area contributed by atoms with Crippen LogP contribution in [0.1, 0.15) is 16.7 Å². The lowest BCUT2D eigenvalue weighted by Crippen LogP contribution is -2.41. The van der Waals surface area contributed by atoms with Gasteiger partial charge in [0.05, 0.1) is 18.8 Å². The zero-order valence-electron chi connectivity index (χ0n) is 17.8. The average Bonchev–Trinajstić information content (AvgIpc) is 2.75. The quantitative estimate of drug-likeness (QED) is 0.150. The van der Waals surface area contributed by atoms with Gasteiger partial charge < -0.3 is 28.5 Å². The van der Waals surface area contributed by atoms with Crippen LogP contribution in [0.25, 0.3) is 6.08 Å². The highest BCUT2D eigenvalue weighted by Crippen LogP contribution is 2.41. The highest BCUT2D eigenvalue weighted by atomic mass is 35.5. The molecular weight excluding hydrogens is 495 g/mol. The fourth-order valence-electron chi connectivity index (χ4n) is 2.76. The van der Waals surface area contributed by atoms with Crippen molar-refractivity contribution in [2.24, 2.45) is 0 Å². The Hall–Kier alpha value is -3.26. The first-order chi connectivity index (χ1) is 15.9. The highest BCUT2D eigenvalue weighted by molar-refractivity contribution is 6.32. The third kappa shape index (κ3) is 7.38. The van der Waals surface area contributed by atoms with Gasteiger partial charge >= 0.3 is 18.3 Å². The number of fused-ring (bicyclic) bond motifs is 1. The van der Waals surface area contributed by atoms with Crippen molar-refractivity contribution in [3.05, 3.63) is 43.5 Å². The van der Waals surface area contributed by atoms with Crippen molar-refractivity contribution in [2.45, 2.75) is 26.1 Å². The minimum Gasteiger partial charge on any atom is -0.475 e. The second kappa shape index (κ2) is 11.7. The van der Waals surface area contributed by atoms with Crippen molar-refractivity contribution in [1.82, 2.24) is 0 Å². The molecule has 0 saturated carbocycles. The Labute approximate surface area is 195 Å². The molecule has 2 rings (SSSR count). The molecule has 1 heterocycles. The maximum absolute atomic E-state index is 13.5. The van der Waals surface area contributed by atoms with E-state index < -0.39 is 41.9 Å². The van der Waals surface area contributed by atoms with Gasteiger partial charge in [0.2, 0.25) is 12.9 Å². The van der Waals surface area contributed by atoms with Crippen LogP contribution in [0.2, 0.25) is 5.02 Å². The molecule has 0 radical (unpaired) electrons. The van der Waals surface area contributed by atoms with E-state index in [1.807, 2.05) is 0 Å². The van der Waals surface area contributed by atoms with E-state index in [1.54, 1.807) is 13.8 Å². The number of hydrogen-bond acceptors (Lipinski definition) is 10. The number of carbonyl (C=O) groups is 2. The number of alkyl halides is 3. The minimum absolute atomic E-state index is 0.0923. The molecule has 1 atom stereocenters. The smallest absolute Gasteiger partial charge is 0.475 e. The van der Waals surface area contributed by atoms with Crippen LogP contribution in [0, 0.1) is 24.0 Å². The van der Waals surface area contributed by atoms with Crippen molar-refractivity contribution in [2.75, 3.05) is 33.2 Å². The molecule has 34 heavy (non-hydrogen) atoms. The minimum atomic E-state index is -4.94. The fraction of sp³-hybridized carbons (Fsp3) is 0.474. The number of halogens is 4. The molecule has 1 aliphatic rings. The summed E-state index contributed by atoms with van der Waals surface area (Å²) >= 11 is 6.14. The molecule has 1 aromatic rings. The second-order valence-corrected chi connectivity index (χ2v) is 7.02. The molecular formula is C19H19ClF3NO10. The first-order valence-electron chi connectivity index (χ1n) is 9.48. The van der Waals surface area contributed by atoms with Gasteiger partial charge in [-0.3, -0.25) is 0 Å². The number of nitrogens with zero attached hydrogens (tertiary/aromatic N) is 1. The normalized spacial score (nSPS) is 14.9. The van der Waals surface area contributed by atoms with Crippen LogP contribution in [-0.2, 0) is 28.6 Å². The standard InChI is InChI=1S/C19H19ClF3NO10/c1-10-7-14-12(11(2)15(10)20)8-13(16(34-14)19(21,22)23)17(25)31-9-32-18(26)30-5-3-29-4-6-33-24(27)28/h7-8,16H,3-6,9H2,1-2H3/t16-/m0/s1. The summed E-state index contributed by atoms with van der Waals surface area (Å²) in [5, 5.41) is 9.23. The van der Waals surface area contributed by atoms with E-state index >= 15 is 0 Å². The number of hydrogen-bond donors (Lipinski definition) is 0. The summed E-state index contributed by atoms with van der Waals surface area (Å²) in [6.07, 6.45) is -7.86. The van der Waals surface area contributed by atoms with Crippen LogP contribution in [0.4, 0.5) is 18.0 Å². The third-order valence-electron chi connectivity index (χ3n) is 4.29. The van der Waals surface area contributed by atoms with Gasteiger partial charge in [-0.25, -0.2) is 9.59 Å². The summed E-state index contributed by atoms with van der Waals surface area (Å²) in [6, 6.07) is 1.33. The number of esters is 1. The van der Waals surface area contributed by atoms with Gasteiger partial charge in [0, 0.05) is 10.6 Å². The lowest BCUT2D eigenvalue weighted by Gasteiger charge is -2.29. The van der Waals surface area contributed by atoms with E-state index in [0.717, 1.165) is 6.08 Å². The van der Waals surface area contributed by atoms with Gasteiger partial charge in [-0.1, -0.05) is 11.6 Å². The first kappa shape index (κ1) is 27.0. The molecule has 0 saturated heterocycles. The largest absolute Gasteiger partial charge is 0.511 e. The van der Waals surface area contributed by atoms with Gasteiger partial charge in [-0.05, 0) is 37.1 Å². The number of rotatable bonds is 10. The number of benzene rings is 1. The first-order valence-corrected chi connectivity index (χ1v) is 9.86. The average molecular weight is 514 g/mol. The Morgan fingerprint density at radius 2 is 1.82 bits per heavy atom. The lowest BCUT2D eigenvalue weighted by atomic mass is 9.96. The Morgan fingerprint density at radius 3 is 2.47 bits per heavy atom. The van der Waals surface area contributed by atoms with Crippen LogP contribution >= 0.6 is 11.6 Å². The summed E-state index contributed by atoms with van der Waals surface area (Å²) in [4.78, 5) is 37.7. The molecule has 0 aliphatic carbocycles. The fourth-order valence-corrected chi connectivity index (χ4v) is 2.91. The van der Waals surface area contributed by atoms with E-state index in [1.165, 1.54) is 6.07 Å². The van der Waals surface area contributed by atoms with Crippen LogP contribution in [0.3, 0.4) is 0 Å². The highest BCUT2D eigenvalue weighted by Gasteiger charge is 2.49. The molecule has 188 valence electrons. The number of aryl methyl sites for hydroxylation is 1. The monoisotopic (exact) mass is 513 g/mol. The molecule has 0 spiro atoms.